The Morgan fingerprint density at radius 1 is 1.82 bits per heavy atom. The summed E-state index contributed by atoms with van der Waals surface area (Å²) in [6, 6.07) is 0. The van der Waals surface area contributed by atoms with Gasteiger partial charge < -0.3 is 0 Å². The third-order valence-electron chi connectivity index (χ3n) is 1.03. The number of aliphatic carboxylic acids is 1. The van der Waals surface area contributed by atoms with E-state index in [4.69, 9.17) is 3.02 Å². The summed E-state index contributed by atoms with van der Waals surface area (Å²) in [5, 5.41) is 10.0. The normalized spacial score (nSPS) is 18.4. The summed E-state index contributed by atoms with van der Waals surface area (Å²) >= 11 is -1.96. The first-order valence-corrected chi connectivity index (χ1v) is 9.91. The maximum atomic E-state index is 10.5. The van der Waals surface area contributed by atoms with Gasteiger partial charge in [0.25, 0.3) is 0 Å². The van der Waals surface area contributed by atoms with E-state index in [1.54, 1.807) is 0 Å². The molecule has 1 heterocycles. The van der Waals surface area contributed by atoms with Gasteiger partial charge in [-0.15, -0.1) is 0 Å². The Morgan fingerprint density at radius 2 is 2.55 bits per heavy atom. The van der Waals surface area contributed by atoms with Crippen molar-refractivity contribution in [2.75, 3.05) is 5.75 Å². The predicted octanol–water partition coefficient (Wildman–Crippen LogP) is -1.10. The van der Waals surface area contributed by atoms with Crippen LogP contribution in [0.5, 0.6) is 0 Å². The molecule has 0 aromatic carbocycles. The van der Waals surface area contributed by atoms with Gasteiger partial charge >= 0.3 is 74.3 Å². The van der Waals surface area contributed by atoms with Crippen molar-refractivity contribution >= 4 is 40.0 Å². The Balaban J connectivity index is 2.18. The van der Waals surface area contributed by atoms with Crippen LogP contribution in [-0.2, 0) is 12.6 Å². The van der Waals surface area contributed by atoms with Crippen LogP contribution in [0, 0.1) is 0 Å². The molecule has 0 aromatic rings. The molecule has 62 valence electrons. The molecule has 1 aliphatic heterocycles. The molecule has 6 heteroatoms. The topological polar surface area (TPSA) is 66.4 Å². The zero-order valence-corrected chi connectivity index (χ0v) is 8.98. The van der Waals surface area contributed by atoms with Crippen molar-refractivity contribution < 1.29 is 17.7 Å². The molecule has 11 heavy (non-hydrogen) atoms. The first-order chi connectivity index (χ1) is 5.18. The number of carboxylic acid groups (broad SMARTS) is 1. The molecule has 0 unspecified atom stereocenters. The average Bonchev–Trinajstić information content (AvgIpc) is 2.31. The molecule has 1 aliphatic rings. The molecule has 4 nitrogen and oxygen atoms in total. The van der Waals surface area contributed by atoms with Gasteiger partial charge in [-0.3, -0.25) is 0 Å². The van der Waals surface area contributed by atoms with Crippen LogP contribution in [0.1, 0.15) is 6.42 Å². The Labute approximate surface area is 74.2 Å². The number of hydrogen-bond donors (Lipinski definition) is 0. The van der Waals surface area contributed by atoms with Crippen LogP contribution >= 0.6 is 8.85 Å². The second-order valence-corrected chi connectivity index (χ2v) is 11.1. The van der Waals surface area contributed by atoms with Crippen LogP contribution in [0.2, 0.25) is 4.37 Å². The quantitative estimate of drug-likeness (QED) is 0.616. The third-order valence-corrected chi connectivity index (χ3v) is 9.82. The molecule has 0 saturated carbocycles. The second kappa shape index (κ2) is 4.21. The molecule has 0 spiro atoms. The Kier molecular flexibility index (Phi) is 3.52. The van der Waals surface area contributed by atoms with Crippen LogP contribution < -0.4 is 5.11 Å². The summed E-state index contributed by atoms with van der Waals surface area (Å²) in [7, 11) is 1.51. The van der Waals surface area contributed by atoms with Crippen molar-refractivity contribution in [2.24, 2.45) is 0 Å². The molecule has 0 atom stereocenters. The van der Waals surface area contributed by atoms with Crippen LogP contribution in [0.15, 0.2) is 0 Å². The second-order valence-electron chi connectivity index (χ2n) is 1.92. The zero-order chi connectivity index (χ0) is 8.27. The Morgan fingerprint density at radius 3 is 3.00 bits per heavy atom. The average molecular weight is 284 g/mol. The Bertz CT molecular complexity index is 183. The van der Waals surface area contributed by atoms with Crippen molar-refractivity contribution in [2.45, 2.75) is 10.8 Å². The molecule has 0 aromatic heterocycles. The van der Waals surface area contributed by atoms with Gasteiger partial charge in [-0.1, -0.05) is 0 Å². The number of rotatable bonds is 3. The summed E-state index contributed by atoms with van der Waals surface area (Å²) in [5.41, 5.74) is 0. The van der Waals surface area contributed by atoms with E-state index in [2.05, 4.69) is 0 Å². The first-order valence-electron chi connectivity index (χ1n) is 2.99. The number of hydrogen-bond acceptors (Lipinski definition) is 5. The molecule has 0 radical (unpaired) electrons. The van der Waals surface area contributed by atoms with Gasteiger partial charge in [-0.25, -0.2) is 0 Å². The van der Waals surface area contributed by atoms with Crippen LogP contribution in [0.3, 0.4) is 0 Å². The van der Waals surface area contributed by atoms with Gasteiger partial charge in [0, 0.05) is 0 Å². The van der Waals surface area contributed by atoms with E-state index in [9.17, 15) is 14.7 Å². The van der Waals surface area contributed by atoms with E-state index in [1.807, 2.05) is 0 Å². The van der Waals surface area contributed by atoms with Crippen LogP contribution in [0.25, 0.3) is 0 Å². The van der Waals surface area contributed by atoms with Crippen molar-refractivity contribution in [1.82, 2.24) is 0 Å². The predicted molar refractivity (Wildman–Crippen MR) is 38.7 cm³/mol. The standard InChI is InChI=1S/C3H5O2.C2H4O2S.Sb/c1-2-3(4)5;3-2(4)1-5;/h1-2H2,(H,4,5);5H,1H2,(H,3,4);/q;;+2/p-3. The fraction of sp³-hybridized carbons (Fsp3) is 0.600. The monoisotopic (exact) mass is 283 g/mol. The van der Waals surface area contributed by atoms with Crippen LogP contribution in [-0.4, -0.2) is 36.9 Å². The van der Waals surface area contributed by atoms with E-state index >= 15 is 0 Å². The van der Waals surface area contributed by atoms with Crippen molar-refractivity contribution in [1.29, 1.82) is 0 Å². The maximum absolute atomic E-state index is 10.5. The SMILES string of the molecule is O=C([O-])C[CH2][Sb]1[O]C(=O)C[S]1. The number of carbonyl (C=O) groups is 2. The molecule has 1 saturated heterocycles. The fourth-order valence-corrected chi connectivity index (χ4v) is 8.33. The van der Waals surface area contributed by atoms with Crippen molar-refractivity contribution in [3.05, 3.63) is 0 Å². The summed E-state index contributed by atoms with van der Waals surface area (Å²) in [4.78, 5) is 20.5. The van der Waals surface area contributed by atoms with E-state index in [1.165, 1.54) is 8.85 Å². The minimum atomic E-state index is -1.96. The number of carboxylic acids is 1. The van der Waals surface area contributed by atoms with Gasteiger partial charge in [-0.2, -0.15) is 0 Å². The molecule has 0 N–H and O–H groups in total. The summed E-state index contributed by atoms with van der Waals surface area (Å²) < 4.78 is 5.46. The van der Waals surface area contributed by atoms with E-state index in [0.29, 0.717) is 10.1 Å². The molecular formula is C5H6O4SSb-. The van der Waals surface area contributed by atoms with E-state index in [0.717, 1.165) is 0 Å². The zero-order valence-electron chi connectivity index (χ0n) is 5.61. The van der Waals surface area contributed by atoms with Crippen molar-refractivity contribution in [3.8, 4) is 0 Å². The summed E-state index contributed by atoms with van der Waals surface area (Å²) in [6.45, 7) is 0. The van der Waals surface area contributed by atoms with Gasteiger partial charge in [0.05, 0.1) is 0 Å². The number of carbonyl (C=O) groups excluding carboxylic acids is 2. The van der Waals surface area contributed by atoms with Gasteiger partial charge in [0.15, 0.2) is 0 Å². The molecule has 0 aliphatic carbocycles. The molecule has 1 fully saturated rings. The molecular weight excluding hydrogens is 278 g/mol. The van der Waals surface area contributed by atoms with Gasteiger partial charge in [0.1, 0.15) is 0 Å². The van der Waals surface area contributed by atoms with Gasteiger partial charge in [-0.05, 0) is 0 Å². The molecule has 1 rings (SSSR count). The molecule has 0 amide bonds. The van der Waals surface area contributed by atoms with Crippen LogP contribution in [0.4, 0.5) is 0 Å². The first kappa shape index (κ1) is 9.20. The Hall–Kier alpha value is 0.108. The minimum absolute atomic E-state index is 0.0308. The third kappa shape index (κ3) is 3.34. The summed E-state index contributed by atoms with van der Waals surface area (Å²) in [6.07, 6.45) is 0.0308. The molecule has 0 bridgehead atoms. The van der Waals surface area contributed by atoms with Gasteiger partial charge in [0.2, 0.25) is 0 Å². The summed E-state index contributed by atoms with van der Waals surface area (Å²) in [5.74, 6) is -0.829. The van der Waals surface area contributed by atoms with E-state index < -0.39 is 25.2 Å². The van der Waals surface area contributed by atoms with Crippen molar-refractivity contribution in [3.63, 3.8) is 0 Å². The fourth-order valence-electron chi connectivity index (χ4n) is 0.584. The van der Waals surface area contributed by atoms with E-state index in [-0.39, 0.29) is 12.4 Å².